The van der Waals surface area contributed by atoms with Crippen LogP contribution in [0.1, 0.15) is 41.4 Å². The number of hydrogen-bond donors (Lipinski definition) is 1. The van der Waals surface area contributed by atoms with Crippen LogP contribution in [0.25, 0.3) is 11.0 Å². The van der Waals surface area contributed by atoms with Gasteiger partial charge in [0.05, 0.1) is 6.04 Å². The third-order valence-electron chi connectivity index (χ3n) is 5.31. The van der Waals surface area contributed by atoms with Crippen molar-refractivity contribution in [1.29, 1.82) is 0 Å². The summed E-state index contributed by atoms with van der Waals surface area (Å²) in [7, 11) is 1.94. The Kier molecular flexibility index (Phi) is 5.16. The van der Waals surface area contributed by atoms with E-state index >= 15 is 0 Å². The van der Waals surface area contributed by atoms with Gasteiger partial charge in [0.1, 0.15) is 11.3 Å². The maximum Gasteiger partial charge on any atom is 0.270 e. The van der Waals surface area contributed by atoms with Crippen molar-refractivity contribution in [2.75, 3.05) is 19.6 Å². The average Bonchev–Trinajstić information content (AvgIpc) is 3.10. The molecule has 0 saturated carbocycles. The molecule has 1 atom stereocenters. The molecule has 1 unspecified atom stereocenters. The van der Waals surface area contributed by atoms with Gasteiger partial charge in [0.2, 0.25) is 0 Å². The van der Waals surface area contributed by atoms with Crippen molar-refractivity contribution in [1.82, 2.24) is 24.8 Å². The summed E-state index contributed by atoms with van der Waals surface area (Å²) < 4.78 is 1.93. The second kappa shape index (κ2) is 7.88. The van der Waals surface area contributed by atoms with Gasteiger partial charge in [-0.1, -0.05) is 12.5 Å². The molecule has 0 radical (unpaired) electrons. The molecule has 27 heavy (non-hydrogen) atoms. The molecule has 1 saturated heterocycles. The number of rotatable bonds is 5. The van der Waals surface area contributed by atoms with Gasteiger partial charge in [-0.15, -0.1) is 0 Å². The summed E-state index contributed by atoms with van der Waals surface area (Å²) in [6.45, 7) is 2.67. The number of carbonyl (C=O) groups is 1. The number of pyridine rings is 2. The van der Waals surface area contributed by atoms with Crippen LogP contribution in [0.2, 0.25) is 0 Å². The lowest BCUT2D eigenvalue weighted by Gasteiger charge is -2.34. The molecular weight excluding hydrogens is 338 g/mol. The van der Waals surface area contributed by atoms with E-state index in [1.54, 1.807) is 12.3 Å². The Morgan fingerprint density at radius 1 is 1.19 bits per heavy atom. The minimum atomic E-state index is -0.135. The van der Waals surface area contributed by atoms with Crippen LogP contribution >= 0.6 is 0 Å². The summed E-state index contributed by atoms with van der Waals surface area (Å²) in [6, 6.07) is 9.92. The van der Waals surface area contributed by atoms with Crippen molar-refractivity contribution in [2.24, 2.45) is 7.05 Å². The quantitative estimate of drug-likeness (QED) is 0.757. The molecule has 3 aromatic rings. The normalized spacial score (nSPS) is 16.3. The third kappa shape index (κ3) is 3.85. The van der Waals surface area contributed by atoms with Crippen LogP contribution in [0.3, 0.4) is 0 Å². The van der Waals surface area contributed by atoms with E-state index in [1.807, 2.05) is 42.2 Å². The van der Waals surface area contributed by atoms with E-state index in [4.69, 9.17) is 0 Å². The van der Waals surface area contributed by atoms with Crippen molar-refractivity contribution in [3.63, 3.8) is 0 Å². The van der Waals surface area contributed by atoms with Gasteiger partial charge in [-0.25, -0.2) is 4.98 Å². The van der Waals surface area contributed by atoms with E-state index in [9.17, 15) is 4.79 Å². The van der Waals surface area contributed by atoms with Crippen LogP contribution in [-0.2, 0) is 7.05 Å². The molecule has 3 aromatic heterocycles. The first-order valence-electron chi connectivity index (χ1n) is 9.56. The fourth-order valence-electron chi connectivity index (χ4n) is 3.80. The lowest BCUT2D eigenvalue weighted by atomic mass is 10.0. The van der Waals surface area contributed by atoms with Gasteiger partial charge < -0.3 is 9.88 Å². The van der Waals surface area contributed by atoms with Gasteiger partial charge >= 0.3 is 0 Å². The maximum absolute atomic E-state index is 12.7. The largest absolute Gasteiger partial charge is 0.349 e. The molecule has 6 nitrogen and oxygen atoms in total. The highest BCUT2D eigenvalue weighted by Crippen LogP contribution is 2.23. The number of likely N-dealkylation sites (tertiary alicyclic amines) is 1. The van der Waals surface area contributed by atoms with Crippen LogP contribution in [0, 0.1) is 0 Å². The molecule has 0 aliphatic carbocycles. The zero-order chi connectivity index (χ0) is 18.6. The molecule has 0 bridgehead atoms. The molecule has 140 valence electrons. The molecular formula is C21H25N5O. The summed E-state index contributed by atoms with van der Waals surface area (Å²) in [5, 5.41) is 4.13. The lowest BCUT2D eigenvalue weighted by Crippen LogP contribution is -2.40. The third-order valence-corrected chi connectivity index (χ3v) is 5.31. The summed E-state index contributed by atoms with van der Waals surface area (Å²) in [4.78, 5) is 24.0. The Bertz CT molecular complexity index is 915. The minimum absolute atomic E-state index is 0.135. The van der Waals surface area contributed by atoms with Crippen LogP contribution in [0.5, 0.6) is 0 Å². The Balaban J connectivity index is 1.50. The molecule has 1 aliphatic heterocycles. The van der Waals surface area contributed by atoms with Crippen molar-refractivity contribution in [3.8, 4) is 0 Å². The first-order valence-corrected chi connectivity index (χ1v) is 9.56. The summed E-state index contributed by atoms with van der Waals surface area (Å²) >= 11 is 0. The Hall–Kier alpha value is -2.73. The zero-order valence-corrected chi connectivity index (χ0v) is 15.6. The number of carbonyl (C=O) groups excluding carboxylic acids is 1. The number of nitrogens with zero attached hydrogens (tertiary/aromatic N) is 4. The highest BCUT2D eigenvalue weighted by Gasteiger charge is 2.23. The van der Waals surface area contributed by atoms with E-state index in [2.05, 4.69) is 26.3 Å². The monoisotopic (exact) mass is 363 g/mol. The average molecular weight is 363 g/mol. The molecule has 0 aromatic carbocycles. The Morgan fingerprint density at radius 2 is 2.04 bits per heavy atom. The van der Waals surface area contributed by atoms with Crippen LogP contribution in [0.4, 0.5) is 0 Å². The molecule has 4 heterocycles. The number of piperidine rings is 1. The van der Waals surface area contributed by atoms with Crippen molar-refractivity contribution >= 4 is 16.9 Å². The Labute approximate surface area is 159 Å². The molecule has 6 heteroatoms. The van der Waals surface area contributed by atoms with Gasteiger partial charge in [-0.2, -0.15) is 0 Å². The molecule has 1 aliphatic rings. The predicted octanol–water partition coefficient (Wildman–Crippen LogP) is 2.93. The number of aryl methyl sites for hydroxylation is 1. The topological polar surface area (TPSA) is 63.1 Å². The maximum atomic E-state index is 12.7. The number of fused-ring (bicyclic) bond motifs is 1. The van der Waals surface area contributed by atoms with Crippen molar-refractivity contribution in [2.45, 2.75) is 25.3 Å². The number of aromatic nitrogens is 3. The Morgan fingerprint density at radius 3 is 2.81 bits per heavy atom. The molecule has 4 rings (SSSR count). The smallest absolute Gasteiger partial charge is 0.270 e. The lowest BCUT2D eigenvalue weighted by molar-refractivity contribution is 0.0919. The van der Waals surface area contributed by atoms with Crippen LogP contribution in [0.15, 0.2) is 48.9 Å². The molecule has 1 amide bonds. The molecule has 1 fully saturated rings. The minimum Gasteiger partial charge on any atom is -0.349 e. The van der Waals surface area contributed by atoms with E-state index < -0.39 is 0 Å². The second-order valence-corrected chi connectivity index (χ2v) is 7.14. The van der Waals surface area contributed by atoms with Gasteiger partial charge in [-0.3, -0.25) is 14.7 Å². The van der Waals surface area contributed by atoms with E-state index in [1.165, 1.54) is 19.3 Å². The van der Waals surface area contributed by atoms with Crippen LogP contribution < -0.4 is 5.32 Å². The fourth-order valence-corrected chi connectivity index (χ4v) is 3.80. The van der Waals surface area contributed by atoms with E-state index in [-0.39, 0.29) is 11.9 Å². The van der Waals surface area contributed by atoms with Gasteiger partial charge in [0.15, 0.2) is 0 Å². The highest BCUT2D eigenvalue weighted by molar-refractivity contribution is 5.94. The van der Waals surface area contributed by atoms with Gasteiger partial charge in [-0.05, 0) is 55.8 Å². The number of amides is 1. The summed E-state index contributed by atoms with van der Waals surface area (Å²) in [5.74, 6) is -0.135. The standard InChI is InChI=1S/C21H25N5O/c1-25-13-9-16-7-8-18(24-20(16)25)21(27)23-15-19(17-6-5-10-22-14-17)26-11-3-2-4-12-26/h5-10,13-14,19H,2-4,11-12,15H2,1H3,(H,23,27). The summed E-state index contributed by atoms with van der Waals surface area (Å²) in [6.07, 6.45) is 9.33. The van der Waals surface area contributed by atoms with Crippen molar-refractivity contribution in [3.05, 3.63) is 60.2 Å². The van der Waals surface area contributed by atoms with E-state index in [0.717, 1.165) is 29.7 Å². The summed E-state index contributed by atoms with van der Waals surface area (Å²) in [5.41, 5.74) is 2.42. The predicted molar refractivity (Wildman–Crippen MR) is 105 cm³/mol. The fraction of sp³-hybridized carbons (Fsp3) is 0.381. The van der Waals surface area contributed by atoms with Gasteiger partial charge in [0, 0.05) is 37.6 Å². The van der Waals surface area contributed by atoms with E-state index in [0.29, 0.717) is 12.2 Å². The molecule has 1 N–H and O–H groups in total. The first-order chi connectivity index (χ1) is 13.2. The zero-order valence-electron chi connectivity index (χ0n) is 15.6. The van der Waals surface area contributed by atoms with Crippen molar-refractivity contribution < 1.29 is 4.79 Å². The molecule has 0 spiro atoms. The highest BCUT2D eigenvalue weighted by atomic mass is 16.1. The number of nitrogens with one attached hydrogen (secondary N) is 1. The van der Waals surface area contributed by atoms with Gasteiger partial charge in [0.25, 0.3) is 5.91 Å². The first kappa shape index (κ1) is 17.7. The van der Waals surface area contributed by atoms with Crippen LogP contribution in [-0.4, -0.2) is 45.0 Å². The SMILES string of the molecule is Cn1ccc2ccc(C(=O)NCC(c3cccnc3)N3CCCCC3)nc21. The second-order valence-electron chi connectivity index (χ2n) is 7.14. The number of hydrogen-bond acceptors (Lipinski definition) is 4.